The van der Waals surface area contributed by atoms with Gasteiger partial charge in [0.25, 0.3) is 0 Å². The van der Waals surface area contributed by atoms with Crippen molar-refractivity contribution in [1.82, 2.24) is 4.72 Å². The molecule has 1 unspecified atom stereocenters. The molecule has 0 spiro atoms. The fourth-order valence-electron chi connectivity index (χ4n) is 1.59. The summed E-state index contributed by atoms with van der Waals surface area (Å²) in [6, 6.07) is 0.162. The van der Waals surface area contributed by atoms with E-state index in [0.717, 1.165) is 13.2 Å². The number of hydrogen-bond donors (Lipinski definition) is 1. The maximum atomic E-state index is 13.4. The summed E-state index contributed by atoms with van der Waals surface area (Å²) in [5, 5.41) is 10.7. The molecule has 0 aromatic heterocycles. The molecule has 10 heteroatoms. The van der Waals surface area contributed by atoms with Crippen molar-refractivity contribution in [3.8, 4) is 0 Å². The molecule has 116 valence electrons. The Bertz CT molecular complexity index is 688. The molecule has 0 saturated heterocycles. The van der Waals surface area contributed by atoms with Crippen molar-refractivity contribution < 1.29 is 27.3 Å². The summed E-state index contributed by atoms with van der Waals surface area (Å²) >= 11 is 0. The predicted octanol–water partition coefficient (Wildman–Crippen LogP) is 0.882. The summed E-state index contributed by atoms with van der Waals surface area (Å²) in [7, 11) is -3.16. The molecule has 1 rings (SSSR count). The molecule has 0 radical (unpaired) electrons. The average Bonchev–Trinajstić information content (AvgIpc) is 2.36. The number of carbonyl (C=O) groups is 1. The van der Waals surface area contributed by atoms with Gasteiger partial charge in [0.2, 0.25) is 15.8 Å². The Morgan fingerprint density at radius 3 is 2.52 bits per heavy atom. The van der Waals surface area contributed by atoms with E-state index >= 15 is 0 Å². The monoisotopic (exact) mass is 320 g/mol. The van der Waals surface area contributed by atoms with E-state index in [4.69, 9.17) is 0 Å². The molecule has 1 aromatic carbocycles. The Balaban J connectivity index is 3.29. The van der Waals surface area contributed by atoms with Crippen LogP contribution in [0.2, 0.25) is 0 Å². The molecular weight excluding hydrogens is 307 g/mol. The van der Waals surface area contributed by atoms with Crippen LogP contribution in [0.5, 0.6) is 0 Å². The molecular formula is C11H13FN2O6S. The van der Waals surface area contributed by atoms with Crippen LogP contribution in [0.3, 0.4) is 0 Å². The first kappa shape index (κ1) is 17.0. The molecule has 0 aliphatic carbocycles. The van der Waals surface area contributed by atoms with Crippen LogP contribution in [0.25, 0.3) is 0 Å². The molecule has 1 atom stereocenters. The molecule has 0 heterocycles. The summed E-state index contributed by atoms with van der Waals surface area (Å²) in [4.78, 5) is 20.4. The van der Waals surface area contributed by atoms with Crippen LogP contribution >= 0.6 is 0 Å². The Kier molecular flexibility index (Phi) is 4.97. The maximum Gasteiger partial charge on any atom is 0.323 e. The number of nitro groups is 1. The van der Waals surface area contributed by atoms with Crippen molar-refractivity contribution in [1.29, 1.82) is 0 Å². The van der Waals surface area contributed by atoms with Crippen molar-refractivity contribution in [2.75, 3.05) is 7.11 Å². The van der Waals surface area contributed by atoms with E-state index in [1.54, 1.807) is 0 Å². The molecule has 0 aliphatic rings. The standard InChI is InChI=1S/C11H13FN2O6S/c1-6-4-8(12)9(14(16)17)5-10(6)21(18,19)13-7(2)11(15)20-3/h4-5,7,13H,1-3H3. The number of sulfonamides is 1. The highest BCUT2D eigenvalue weighted by Crippen LogP contribution is 2.25. The van der Waals surface area contributed by atoms with Gasteiger partial charge in [-0.2, -0.15) is 9.11 Å². The Morgan fingerprint density at radius 2 is 2.05 bits per heavy atom. The van der Waals surface area contributed by atoms with Crippen LogP contribution in [0.1, 0.15) is 12.5 Å². The summed E-state index contributed by atoms with van der Waals surface area (Å²) in [5.41, 5.74) is -0.991. The lowest BCUT2D eigenvalue weighted by atomic mass is 10.2. The number of nitrogens with zero attached hydrogens (tertiary/aromatic N) is 1. The summed E-state index contributed by atoms with van der Waals surface area (Å²) in [6.07, 6.45) is 0. The van der Waals surface area contributed by atoms with Gasteiger partial charge in [-0.25, -0.2) is 8.42 Å². The molecule has 1 N–H and O–H groups in total. The minimum absolute atomic E-state index is 0.0253. The zero-order valence-corrected chi connectivity index (χ0v) is 12.2. The topological polar surface area (TPSA) is 116 Å². The van der Waals surface area contributed by atoms with E-state index in [1.165, 1.54) is 13.8 Å². The fourth-order valence-corrected chi connectivity index (χ4v) is 3.03. The van der Waals surface area contributed by atoms with E-state index < -0.39 is 43.4 Å². The second-order valence-electron chi connectivity index (χ2n) is 4.19. The van der Waals surface area contributed by atoms with Crippen molar-refractivity contribution >= 4 is 21.7 Å². The summed E-state index contributed by atoms with van der Waals surface area (Å²) < 4.78 is 44.0. The van der Waals surface area contributed by atoms with E-state index in [9.17, 15) is 27.7 Å². The quantitative estimate of drug-likeness (QED) is 0.489. The maximum absolute atomic E-state index is 13.4. The van der Waals surface area contributed by atoms with Gasteiger partial charge >= 0.3 is 11.7 Å². The zero-order chi connectivity index (χ0) is 16.4. The van der Waals surface area contributed by atoms with E-state index in [-0.39, 0.29) is 5.56 Å². The predicted molar refractivity (Wildman–Crippen MR) is 69.6 cm³/mol. The van der Waals surface area contributed by atoms with Gasteiger partial charge in [-0.3, -0.25) is 14.9 Å². The number of halogens is 1. The number of benzene rings is 1. The molecule has 0 fully saturated rings. The van der Waals surface area contributed by atoms with Crippen LogP contribution in [0, 0.1) is 22.9 Å². The molecule has 0 amide bonds. The minimum Gasteiger partial charge on any atom is -0.468 e. The van der Waals surface area contributed by atoms with E-state index in [2.05, 4.69) is 4.74 Å². The van der Waals surface area contributed by atoms with Crippen molar-refractivity contribution in [3.63, 3.8) is 0 Å². The first-order valence-electron chi connectivity index (χ1n) is 5.65. The molecule has 21 heavy (non-hydrogen) atoms. The molecule has 1 aromatic rings. The van der Waals surface area contributed by atoms with Crippen LogP contribution in [-0.2, 0) is 19.6 Å². The van der Waals surface area contributed by atoms with Crippen LogP contribution < -0.4 is 4.72 Å². The highest BCUT2D eigenvalue weighted by Gasteiger charge is 2.27. The number of hydrogen-bond acceptors (Lipinski definition) is 6. The number of rotatable bonds is 5. The van der Waals surface area contributed by atoms with E-state index in [0.29, 0.717) is 6.07 Å². The lowest BCUT2D eigenvalue weighted by molar-refractivity contribution is -0.387. The highest BCUT2D eigenvalue weighted by molar-refractivity contribution is 7.89. The third kappa shape index (κ3) is 3.73. The van der Waals surface area contributed by atoms with Gasteiger partial charge in [0.05, 0.1) is 16.9 Å². The van der Waals surface area contributed by atoms with E-state index in [1.807, 2.05) is 4.72 Å². The van der Waals surface area contributed by atoms with Gasteiger partial charge in [0, 0.05) is 6.07 Å². The Morgan fingerprint density at radius 1 is 1.48 bits per heavy atom. The second-order valence-corrected chi connectivity index (χ2v) is 5.87. The van der Waals surface area contributed by atoms with Crippen LogP contribution in [-0.4, -0.2) is 32.5 Å². The Hall–Kier alpha value is -2.07. The van der Waals surface area contributed by atoms with Gasteiger partial charge in [-0.05, 0) is 25.5 Å². The zero-order valence-electron chi connectivity index (χ0n) is 11.4. The molecule has 0 bridgehead atoms. The molecule has 0 saturated carbocycles. The Labute approximate surface area is 120 Å². The van der Waals surface area contributed by atoms with Gasteiger partial charge in [0.1, 0.15) is 6.04 Å². The highest BCUT2D eigenvalue weighted by atomic mass is 32.2. The van der Waals surface area contributed by atoms with Gasteiger partial charge in [-0.1, -0.05) is 0 Å². The first-order chi connectivity index (χ1) is 9.60. The molecule has 0 aliphatic heterocycles. The largest absolute Gasteiger partial charge is 0.468 e. The fraction of sp³-hybridized carbons (Fsp3) is 0.364. The number of carbonyl (C=O) groups excluding carboxylic acids is 1. The lowest BCUT2D eigenvalue weighted by Crippen LogP contribution is -2.39. The van der Waals surface area contributed by atoms with Gasteiger partial charge in [0.15, 0.2) is 0 Å². The second kappa shape index (κ2) is 6.14. The SMILES string of the molecule is COC(=O)C(C)NS(=O)(=O)c1cc([N+](=O)[O-])c(F)cc1C. The van der Waals surface area contributed by atoms with Crippen LogP contribution in [0.4, 0.5) is 10.1 Å². The average molecular weight is 320 g/mol. The normalized spacial score (nSPS) is 12.8. The number of ether oxygens (including phenoxy) is 1. The smallest absolute Gasteiger partial charge is 0.323 e. The van der Waals surface area contributed by atoms with Gasteiger partial charge in [-0.15, -0.1) is 0 Å². The third-order valence-corrected chi connectivity index (χ3v) is 4.30. The number of methoxy groups -OCH3 is 1. The third-order valence-electron chi connectivity index (χ3n) is 2.62. The van der Waals surface area contributed by atoms with Gasteiger partial charge < -0.3 is 4.74 Å². The summed E-state index contributed by atoms with van der Waals surface area (Å²) in [6.45, 7) is 2.53. The number of nitrogens with one attached hydrogen (secondary N) is 1. The molecule has 8 nitrogen and oxygen atoms in total. The lowest BCUT2D eigenvalue weighted by Gasteiger charge is -2.13. The number of nitro benzene ring substituents is 1. The first-order valence-corrected chi connectivity index (χ1v) is 7.13. The van der Waals surface area contributed by atoms with Crippen LogP contribution in [0.15, 0.2) is 17.0 Å². The van der Waals surface area contributed by atoms with Crippen molar-refractivity contribution in [3.05, 3.63) is 33.6 Å². The number of esters is 1. The van der Waals surface area contributed by atoms with Crippen molar-refractivity contribution in [2.24, 2.45) is 0 Å². The van der Waals surface area contributed by atoms with Crippen molar-refractivity contribution in [2.45, 2.75) is 24.8 Å². The number of aryl methyl sites for hydroxylation is 1. The minimum atomic E-state index is -4.24. The summed E-state index contributed by atoms with van der Waals surface area (Å²) in [5.74, 6) is -1.97.